The van der Waals surface area contributed by atoms with E-state index < -0.39 is 10.0 Å². The number of benzene rings is 1. The third-order valence-electron chi connectivity index (χ3n) is 4.03. The van der Waals surface area contributed by atoms with Gasteiger partial charge >= 0.3 is 6.09 Å². The molecule has 0 aliphatic carbocycles. The third-order valence-corrected chi connectivity index (χ3v) is 5.62. The Hall–Kier alpha value is -1.60. The lowest BCUT2D eigenvalue weighted by atomic mass is 10.0. The Bertz CT molecular complexity index is 618. The molecule has 0 saturated carbocycles. The quantitative estimate of drug-likeness (QED) is 0.857. The molecule has 0 aromatic heterocycles. The van der Waals surface area contributed by atoms with Gasteiger partial charge in [-0.1, -0.05) is 44.2 Å². The van der Waals surface area contributed by atoms with Crippen molar-refractivity contribution < 1.29 is 17.9 Å². The molecule has 1 amide bonds. The monoisotopic (exact) mass is 340 g/mol. The smallest absolute Gasteiger partial charge is 0.410 e. The number of nitrogens with one attached hydrogen (secondary N) is 1. The van der Waals surface area contributed by atoms with Crippen LogP contribution in [-0.2, 0) is 21.4 Å². The Balaban J connectivity index is 1.86. The Morgan fingerprint density at radius 2 is 2.00 bits per heavy atom. The molecular weight excluding hydrogens is 316 g/mol. The average molecular weight is 340 g/mol. The van der Waals surface area contributed by atoms with Crippen LogP contribution in [0.3, 0.4) is 0 Å². The molecule has 1 aliphatic rings. The molecule has 2 unspecified atom stereocenters. The van der Waals surface area contributed by atoms with Gasteiger partial charge in [0.15, 0.2) is 0 Å². The van der Waals surface area contributed by atoms with E-state index in [1.165, 1.54) is 0 Å². The van der Waals surface area contributed by atoms with Gasteiger partial charge in [0, 0.05) is 19.6 Å². The fourth-order valence-electron chi connectivity index (χ4n) is 2.77. The summed E-state index contributed by atoms with van der Waals surface area (Å²) in [6.07, 6.45) is -0.385. The second-order valence-corrected chi connectivity index (χ2v) is 7.81. The molecule has 2 rings (SSSR count). The van der Waals surface area contributed by atoms with E-state index in [9.17, 15) is 13.2 Å². The van der Waals surface area contributed by atoms with Crippen LogP contribution >= 0.6 is 0 Å². The van der Waals surface area contributed by atoms with Crippen molar-refractivity contribution in [2.24, 2.45) is 11.8 Å². The van der Waals surface area contributed by atoms with Gasteiger partial charge in [0.1, 0.15) is 6.61 Å². The zero-order valence-electron chi connectivity index (χ0n) is 13.6. The zero-order valence-corrected chi connectivity index (χ0v) is 14.4. The van der Waals surface area contributed by atoms with Crippen LogP contribution < -0.4 is 4.72 Å². The largest absolute Gasteiger partial charge is 0.445 e. The number of nitrogens with zero attached hydrogens (tertiary/aromatic N) is 1. The maximum atomic E-state index is 12.1. The van der Waals surface area contributed by atoms with Gasteiger partial charge in [0.2, 0.25) is 10.0 Å². The van der Waals surface area contributed by atoms with Gasteiger partial charge in [-0.2, -0.15) is 0 Å². The lowest BCUT2D eigenvalue weighted by molar-refractivity contribution is 0.103. The summed E-state index contributed by atoms with van der Waals surface area (Å²) in [5.74, 6) is 0.112. The second-order valence-electron chi connectivity index (χ2n) is 5.96. The third kappa shape index (κ3) is 5.21. The number of carbonyl (C=O) groups excluding carboxylic acids is 1. The molecule has 1 aliphatic heterocycles. The normalized spacial score (nSPS) is 21.4. The number of hydrogen-bond donors (Lipinski definition) is 1. The van der Waals surface area contributed by atoms with E-state index in [0.29, 0.717) is 19.6 Å². The first kappa shape index (κ1) is 17.7. The van der Waals surface area contributed by atoms with Crippen molar-refractivity contribution >= 4 is 16.1 Å². The van der Waals surface area contributed by atoms with E-state index >= 15 is 0 Å². The van der Waals surface area contributed by atoms with Crippen molar-refractivity contribution in [1.29, 1.82) is 0 Å². The minimum absolute atomic E-state index is 0.0461. The van der Waals surface area contributed by atoms with Crippen LogP contribution in [0.1, 0.15) is 19.4 Å². The number of hydrogen-bond acceptors (Lipinski definition) is 4. The SMILES string of the molecule is CCNS(=O)(=O)CC1CN(C(=O)OCc2ccccc2)CC1C. The zero-order chi connectivity index (χ0) is 16.9. The highest BCUT2D eigenvalue weighted by atomic mass is 32.2. The minimum Gasteiger partial charge on any atom is -0.445 e. The molecule has 1 fully saturated rings. The fraction of sp³-hybridized carbons (Fsp3) is 0.562. The summed E-state index contributed by atoms with van der Waals surface area (Å²) in [6, 6.07) is 9.48. The van der Waals surface area contributed by atoms with E-state index in [1.807, 2.05) is 37.3 Å². The molecule has 0 bridgehead atoms. The Labute approximate surface area is 137 Å². The van der Waals surface area contributed by atoms with Gasteiger partial charge in [0.05, 0.1) is 5.75 Å². The summed E-state index contributed by atoms with van der Waals surface area (Å²) in [4.78, 5) is 13.7. The number of ether oxygens (including phenoxy) is 1. The van der Waals surface area contributed by atoms with Crippen LogP contribution in [0.4, 0.5) is 4.79 Å². The van der Waals surface area contributed by atoms with Gasteiger partial charge in [-0.05, 0) is 17.4 Å². The van der Waals surface area contributed by atoms with Crippen LogP contribution in [0.2, 0.25) is 0 Å². The number of likely N-dealkylation sites (tertiary alicyclic amines) is 1. The van der Waals surface area contributed by atoms with E-state index in [0.717, 1.165) is 5.56 Å². The molecule has 7 heteroatoms. The molecule has 1 aromatic carbocycles. The highest BCUT2D eigenvalue weighted by Gasteiger charge is 2.35. The highest BCUT2D eigenvalue weighted by Crippen LogP contribution is 2.25. The number of rotatable bonds is 6. The number of sulfonamides is 1. The molecule has 1 heterocycles. The van der Waals surface area contributed by atoms with E-state index in [2.05, 4.69) is 4.72 Å². The van der Waals surface area contributed by atoms with Gasteiger partial charge in [-0.25, -0.2) is 17.9 Å². The standard InChI is InChI=1S/C16H24N2O4S/c1-3-17-23(20,21)12-15-10-18(9-13(15)2)16(19)22-11-14-7-5-4-6-8-14/h4-8,13,15,17H,3,9-12H2,1-2H3. The lowest BCUT2D eigenvalue weighted by Gasteiger charge is -2.16. The van der Waals surface area contributed by atoms with Crippen molar-refractivity contribution in [3.05, 3.63) is 35.9 Å². The topological polar surface area (TPSA) is 75.7 Å². The van der Waals surface area contributed by atoms with Gasteiger partial charge in [-0.15, -0.1) is 0 Å². The predicted molar refractivity (Wildman–Crippen MR) is 88.3 cm³/mol. The Morgan fingerprint density at radius 3 is 2.65 bits per heavy atom. The molecule has 1 saturated heterocycles. The first-order valence-electron chi connectivity index (χ1n) is 7.84. The first-order chi connectivity index (χ1) is 10.9. The molecular formula is C16H24N2O4S. The Morgan fingerprint density at radius 1 is 1.30 bits per heavy atom. The van der Waals surface area contributed by atoms with E-state index in [4.69, 9.17) is 4.74 Å². The predicted octanol–water partition coefficient (Wildman–Crippen LogP) is 1.83. The summed E-state index contributed by atoms with van der Waals surface area (Å²) in [7, 11) is -3.28. The van der Waals surface area contributed by atoms with Crippen molar-refractivity contribution in [3.8, 4) is 0 Å². The van der Waals surface area contributed by atoms with Crippen molar-refractivity contribution in [2.75, 3.05) is 25.4 Å². The molecule has 0 spiro atoms. The van der Waals surface area contributed by atoms with Gasteiger partial charge < -0.3 is 9.64 Å². The number of amides is 1. The molecule has 1 N–H and O–H groups in total. The summed E-state index contributed by atoms with van der Waals surface area (Å²) < 4.78 is 31.6. The van der Waals surface area contributed by atoms with Gasteiger partial charge in [-0.3, -0.25) is 0 Å². The summed E-state index contributed by atoms with van der Waals surface area (Å²) >= 11 is 0. The second kappa shape index (κ2) is 7.79. The van der Waals surface area contributed by atoms with Crippen molar-refractivity contribution in [1.82, 2.24) is 9.62 Å². The van der Waals surface area contributed by atoms with Crippen LogP contribution in [0, 0.1) is 11.8 Å². The van der Waals surface area contributed by atoms with Crippen LogP contribution in [0.15, 0.2) is 30.3 Å². The van der Waals surface area contributed by atoms with Crippen LogP contribution in [-0.4, -0.2) is 44.8 Å². The molecule has 128 valence electrons. The summed E-state index contributed by atoms with van der Waals surface area (Å²) in [6.45, 7) is 5.27. The number of carbonyl (C=O) groups is 1. The maximum absolute atomic E-state index is 12.1. The van der Waals surface area contributed by atoms with Crippen LogP contribution in [0.25, 0.3) is 0 Å². The molecule has 0 radical (unpaired) electrons. The Kier molecular flexibility index (Phi) is 6.01. The van der Waals surface area contributed by atoms with Gasteiger partial charge in [0.25, 0.3) is 0 Å². The molecule has 6 nitrogen and oxygen atoms in total. The highest BCUT2D eigenvalue weighted by molar-refractivity contribution is 7.89. The first-order valence-corrected chi connectivity index (χ1v) is 9.49. The molecule has 23 heavy (non-hydrogen) atoms. The van der Waals surface area contributed by atoms with E-state index in [-0.39, 0.29) is 30.3 Å². The maximum Gasteiger partial charge on any atom is 0.410 e. The lowest BCUT2D eigenvalue weighted by Crippen LogP contribution is -2.33. The summed E-state index contributed by atoms with van der Waals surface area (Å²) in [5.41, 5.74) is 0.930. The minimum atomic E-state index is -3.28. The fourth-order valence-corrected chi connectivity index (χ4v) is 4.33. The molecule has 2 atom stereocenters. The van der Waals surface area contributed by atoms with Crippen LogP contribution in [0.5, 0.6) is 0 Å². The molecule has 1 aromatic rings. The average Bonchev–Trinajstić information content (AvgIpc) is 2.86. The van der Waals surface area contributed by atoms with Crippen molar-refractivity contribution in [2.45, 2.75) is 20.5 Å². The summed E-state index contributed by atoms with van der Waals surface area (Å²) in [5, 5.41) is 0. The van der Waals surface area contributed by atoms with Crippen molar-refractivity contribution in [3.63, 3.8) is 0 Å². The van der Waals surface area contributed by atoms with E-state index in [1.54, 1.807) is 11.8 Å².